The highest BCUT2D eigenvalue weighted by Gasteiger charge is 2.43. The summed E-state index contributed by atoms with van der Waals surface area (Å²) in [6.07, 6.45) is 0.528. The number of phenols is 2. The minimum atomic E-state index is -1.77. The van der Waals surface area contributed by atoms with Gasteiger partial charge in [-0.25, -0.2) is 0 Å². The van der Waals surface area contributed by atoms with Crippen LogP contribution in [0.15, 0.2) is 48.5 Å². The minimum absolute atomic E-state index is 0.00756. The Bertz CT molecular complexity index is 3400. The molecule has 2 aromatic rings. The maximum atomic E-state index is 14.3. The number of hydrogen-bond donors (Lipinski definition) is 21. The van der Waals surface area contributed by atoms with Crippen LogP contribution in [0.2, 0.25) is 0 Å². The van der Waals surface area contributed by atoms with Crippen molar-refractivity contribution >= 4 is 189 Å². The third kappa shape index (κ3) is 29.3. The zero-order valence-electron chi connectivity index (χ0n) is 57.3. The fourth-order valence-electron chi connectivity index (χ4n) is 10.4. The predicted octanol–water partition coefficient (Wildman–Crippen LogP) is -4.95. The van der Waals surface area contributed by atoms with E-state index in [-0.39, 0.29) is 67.8 Å². The van der Waals surface area contributed by atoms with E-state index in [4.69, 9.17) is 5.73 Å². The second-order valence-corrected chi connectivity index (χ2v) is 30.5. The molecule has 14 atom stereocenters. The number of nitrogens with one attached hydrogen (secondary N) is 12. The standard InChI is InChI=1S/C62H89N15O20S8/c1-30(51(86)72-43(26-101)57(92)75-50(31(2)79)60(95)64-21-48(83)68-40(23-98)54(89)67-34(22-78)18-32-7-11-35(80)12-8-32)66-58(93)45-6-5-17-76(45)61(96)39(20-47(63)82)71-55(90)41(24-99)74-56(91)42(25-100)73-53(88)38(19-33-9-13-36(81)14-10-33)70-52(87)37(15-16-49(84)85)69-59(94)46(28-105-103-4)77-29-65-44(62(77)97)27-104-102-3/h7-14,22,30-31,34,37-46,50,65,79-81,98-101H,5-6,15-21,23-29H2,1-4H3,(H2,63,82)(H,64,95)(H,66,93)(H,67,89)(H,68,83)(H,69,94)(H,70,87)(H,71,90)(H,72,86)(H,73,88)(H,74,91)(H,75,92)(H,84,85)/t30?,31-,34+,37+,38+,39+,40?,41+,42+,43+,44?,45+,46?,50+/m1/s1. The van der Waals surface area contributed by atoms with Gasteiger partial charge in [0.15, 0.2) is 0 Å². The number of likely N-dealkylation sites (tertiary alicyclic amines) is 1. The lowest BCUT2D eigenvalue weighted by Gasteiger charge is -2.30. The topological polar surface area (TPSA) is 531 Å². The van der Waals surface area contributed by atoms with Gasteiger partial charge in [-0.2, -0.15) is 50.5 Å². The summed E-state index contributed by atoms with van der Waals surface area (Å²) in [5.41, 5.74) is 6.51. The average Bonchev–Trinajstić information content (AvgIpc) is 1.62. The zero-order chi connectivity index (χ0) is 78.2. The van der Waals surface area contributed by atoms with Crippen LogP contribution in [0.25, 0.3) is 0 Å². The molecule has 0 saturated carbocycles. The fraction of sp³-hybridized carbons (Fsp3) is 0.548. The van der Waals surface area contributed by atoms with E-state index in [1.54, 1.807) is 18.4 Å². The molecule has 35 nitrogen and oxygen atoms in total. The number of phenolic OH excluding ortho intramolecular Hbond substituents is 2. The Morgan fingerprint density at radius 2 is 1.10 bits per heavy atom. The van der Waals surface area contributed by atoms with Crippen LogP contribution in [0.5, 0.6) is 11.5 Å². The number of carboxylic acids is 1. The van der Waals surface area contributed by atoms with Crippen molar-refractivity contribution in [2.75, 3.05) is 66.8 Å². The first-order valence-corrected chi connectivity index (χ1v) is 40.4. The van der Waals surface area contributed by atoms with Gasteiger partial charge in [-0.15, -0.1) is 0 Å². The normalized spacial score (nSPS) is 17.5. The van der Waals surface area contributed by atoms with Crippen LogP contribution in [-0.2, 0) is 89.6 Å². The number of nitrogens with two attached hydrogens (primary N) is 1. The first-order valence-electron chi connectivity index (χ1n) is 32.4. The van der Waals surface area contributed by atoms with Crippen molar-refractivity contribution in [1.82, 2.24) is 73.6 Å². The molecule has 0 aliphatic carbocycles. The lowest BCUT2D eigenvalue weighted by Crippen LogP contribution is -2.61. The van der Waals surface area contributed by atoms with Crippen LogP contribution in [0.1, 0.15) is 57.1 Å². The number of carbonyl (C=O) groups excluding carboxylic acids is 15. The number of rotatable bonds is 45. The minimum Gasteiger partial charge on any atom is -0.508 e. The molecule has 105 heavy (non-hydrogen) atoms. The van der Waals surface area contributed by atoms with Gasteiger partial charge in [0.2, 0.25) is 82.7 Å². The first kappa shape index (κ1) is 89.9. The summed E-state index contributed by atoms with van der Waals surface area (Å²) >= 11 is 16.7. The number of benzene rings is 2. The summed E-state index contributed by atoms with van der Waals surface area (Å²) in [5.74, 6) is -15.6. The molecule has 580 valence electrons. The Labute approximate surface area is 642 Å². The third-order valence-electron chi connectivity index (χ3n) is 16.0. The maximum absolute atomic E-state index is 14.3. The van der Waals surface area contributed by atoms with E-state index in [1.165, 1.54) is 91.4 Å². The quantitative estimate of drug-likeness (QED) is 0.0168. The van der Waals surface area contributed by atoms with Crippen molar-refractivity contribution in [2.45, 2.75) is 143 Å². The Kier molecular flexibility index (Phi) is 39.3. The van der Waals surface area contributed by atoms with Gasteiger partial charge in [-0.3, -0.25) is 77.2 Å². The molecule has 0 aromatic heterocycles. The van der Waals surface area contributed by atoms with E-state index in [2.05, 4.69) is 114 Å². The number of aliphatic hydroxyl groups is 1. The summed E-state index contributed by atoms with van der Waals surface area (Å²) in [7, 11) is 5.47. The molecule has 2 aromatic carbocycles. The van der Waals surface area contributed by atoms with Crippen LogP contribution in [0, 0.1) is 0 Å². The second kappa shape index (κ2) is 45.9. The van der Waals surface area contributed by atoms with E-state index < -0.39 is 210 Å². The summed E-state index contributed by atoms with van der Waals surface area (Å²) in [5, 5.41) is 69.3. The number of aldehydes is 1. The molecule has 4 unspecified atom stereocenters. The van der Waals surface area contributed by atoms with Crippen molar-refractivity contribution < 1.29 is 97.1 Å². The van der Waals surface area contributed by atoms with Crippen molar-refractivity contribution in [3.63, 3.8) is 0 Å². The van der Waals surface area contributed by atoms with Gasteiger partial charge in [0.1, 0.15) is 84.2 Å². The fourth-order valence-corrected chi connectivity index (χ4v) is 14.1. The molecular weight excluding hydrogens is 1530 g/mol. The second-order valence-electron chi connectivity index (χ2n) is 23.8. The number of carbonyl (C=O) groups is 16. The lowest BCUT2D eigenvalue weighted by atomic mass is 10.0. The van der Waals surface area contributed by atoms with Gasteiger partial charge < -0.3 is 99.2 Å². The highest BCUT2D eigenvalue weighted by molar-refractivity contribution is 8.76. The molecule has 2 saturated heterocycles. The van der Waals surface area contributed by atoms with E-state index in [0.29, 0.717) is 23.2 Å². The van der Waals surface area contributed by atoms with E-state index in [1.807, 2.05) is 6.26 Å². The van der Waals surface area contributed by atoms with Crippen molar-refractivity contribution in [3.8, 4) is 11.5 Å². The molecular formula is C62H89N15O20S8. The predicted molar refractivity (Wildman–Crippen MR) is 405 cm³/mol. The van der Waals surface area contributed by atoms with Crippen LogP contribution < -0.4 is 69.5 Å². The van der Waals surface area contributed by atoms with E-state index in [0.717, 1.165) is 11.8 Å². The number of aromatic hydroxyl groups is 2. The Morgan fingerprint density at radius 3 is 1.63 bits per heavy atom. The molecule has 0 spiro atoms. The summed E-state index contributed by atoms with van der Waals surface area (Å²) in [6.45, 7) is 1.50. The number of nitrogens with zero attached hydrogens (tertiary/aromatic N) is 2. The molecule has 0 radical (unpaired) electrons. The van der Waals surface area contributed by atoms with E-state index >= 15 is 0 Å². The van der Waals surface area contributed by atoms with Gasteiger partial charge in [0, 0.05) is 53.9 Å². The number of aliphatic carboxylic acids is 1. The molecule has 43 heteroatoms. The smallest absolute Gasteiger partial charge is 0.303 e. The lowest BCUT2D eigenvalue weighted by molar-refractivity contribution is -0.143. The number of primary amides is 1. The van der Waals surface area contributed by atoms with Gasteiger partial charge in [0.05, 0.1) is 37.8 Å². The number of aliphatic hydroxyl groups excluding tert-OH is 1. The highest BCUT2D eigenvalue weighted by Crippen LogP contribution is 2.26. The van der Waals surface area contributed by atoms with Crippen LogP contribution in [0.3, 0.4) is 0 Å². The van der Waals surface area contributed by atoms with E-state index in [9.17, 15) is 97.1 Å². The summed E-state index contributed by atoms with van der Waals surface area (Å²) in [4.78, 5) is 217. The molecule has 2 aliphatic rings. The molecule has 14 amide bonds. The number of thiol groups is 4. The van der Waals surface area contributed by atoms with Gasteiger partial charge >= 0.3 is 5.97 Å². The van der Waals surface area contributed by atoms with Crippen molar-refractivity contribution in [1.29, 1.82) is 0 Å². The first-order chi connectivity index (χ1) is 49.8. The largest absolute Gasteiger partial charge is 0.508 e. The Morgan fingerprint density at radius 1 is 0.619 bits per heavy atom. The monoisotopic (exact) mass is 1620 g/mol. The van der Waals surface area contributed by atoms with Gasteiger partial charge in [0.25, 0.3) is 0 Å². The molecule has 4 rings (SSSR count). The summed E-state index contributed by atoms with van der Waals surface area (Å²) < 4.78 is 0. The van der Waals surface area contributed by atoms with Crippen LogP contribution >= 0.6 is 93.7 Å². The Balaban J connectivity index is 1.39. The molecule has 18 N–H and O–H groups in total. The molecule has 2 aliphatic heterocycles. The summed E-state index contributed by atoms with van der Waals surface area (Å²) in [6, 6.07) is -6.85. The highest BCUT2D eigenvalue weighted by atomic mass is 33.1. The zero-order valence-corrected chi connectivity index (χ0v) is 64.2. The SMILES string of the molecule is CSSCC1NCN(C(CSSC)C(=O)N[C@@H](CCC(=O)O)C(=O)N[C@@H](Cc2ccc(O)cc2)C(=O)N[C@@H](CS)C(=O)N[C@@H](CS)C(=O)N[C@@H](CC(N)=O)C(=O)N2CCC[C@H]2C(=O)NC(C)C(=O)N[C@@H](CS)C(=O)N[C@H](C(=O)NCC(=O)NC(CS)C(=O)N[C@H](C=O)Cc2ccc(O)cc2)[C@@H](C)O)C1=O. The molecule has 2 fully saturated rings. The average molecular weight is 1620 g/mol. The van der Waals surface area contributed by atoms with Crippen LogP contribution in [0.4, 0.5) is 0 Å². The van der Waals surface area contributed by atoms with Gasteiger partial charge in [-0.05, 0) is 87.4 Å². The van der Waals surface area contributed by atoms with Crippen molar-refractivity contribution in [3.05, 3.63) is 59.7 Å². The molecule has 2 heterocycles. The Hall–Kier alpha value is -7.52. The van der Waals surface area contributed by atoms with Crippen molar-refractivity contribution in [2.24, 2.45) is 5.73 Å². The van der Waals surface area contributed by atoms with Crippen LogP contribution in [-0.4, -0.2) is 277 Å². The number of carboxylic acid groups (broad SMARTS) is 1. The molecule has 0 bridgehead atoms. The third-order valence-corrected chi connectivity index (χ3v) is 21.1. The number of amides is 14. The van der Waals surface area contributed by atoms with Gasteiger partial charge in [-0.1, -0.05) is 67.4 Å². The maximum Gasteiger partial charge on any atom is 0.303 e. The number of hydrogen-bond acceptors (Lipinski definition) is 28.